The Balaban J connectivity index is 2.32. The second kappa shape index (κ2) is 10.7. The SMILES string of the molecule is CCC(C(=O)NC)N(Cc1ccccc1C)C(=O)CN(C)S(=O)(=O)c1ccc(Cl)cc1. The van der Waals surface area contributed by atoms with E-state index in [-0.39, 0.29) is 17.3 Å². The molecule has 0 aliphatic carbocycles. The van der Waals surface area contributed by atoms with Crippen molar-refractivity contribution < 1.29 is 18.0 Å². The molecule has 0 radical (unpaired) electrons. The van der Waals surface area contributed by atoms with Gasteiger partial charge in [0.25, 0.3) is 0 Å². The minimum Gasteiger partial charge on any atom is -0.357 e. The number of rotatable bonds is 9. The molecule has 0 fully saturated rings. The van der Waals surface area contributed by atoms with E-state index in [0.717, 1.165) is 15.4 Å². The molecule has 0 saturated heterocycles. The minimum atomic E-state index is -3.90. The molecule has 0 aromatic heterocycles. The molecule has 0 aliphatic heterocycles. The van der Waals surface area contributed by atoms with Crippen LogP contribution in [0.2, 0.25) is 5.02 Å². The van der Waals surface area contributed by atoms with Crippen LogP contribution in [0.25, 0.3) is 0 Å². The predicted octanol–water partition coefficient (Wildman–Crippen LogP) is 2.82. The van der Waals surface area contributed by atoms with E-state index in [9.17, 15) is 18.0 Å². The Kier molecular flexibility index (Phi) is 8.61. The maximum atomic E-state index is 13.2. The second-order valence-electron chi connectivity index (χ2n) is 7.20. The van der Waals surface area contributed by atoms with Gasteiger partial charge < -0.3 is 10.2 Å². The summed E-state index contributed by atoms with van der Waals surface area (Å²) in [4.78, 5) is 27.2. The molecular formula is C22H28ClN3O4S. The lowest BCUT2D eigenvalue weighted by Gasteiger charge is -2.32. The third-order valence-electron chi connectivity index (χ3n) is 5.11. The summed E-state index contributed by atoms with van der Waals surface area (Å²) in [5.41, 5.74) is 1.87. The first-order valence-electron chi connectivity index (χ1n) is 9.89. The van der Waals surface area contributed by atoms with Gasteiger partial charge in [-0.2, -0.15) is 4.31 Å². The number of aryl methyl sites for hydroxylation is 1. The fourth-order valence-electron chi connectivity index (χ4n) is 3.21. The van der Waals surface area contributed by atoms with Gasteiger partial charge >= 0.3 is 0 Å². The van der Waals surface area contributed by atoms with E-state index in [1.54, 1.807) is 0 Å². The predicted molar refractivity (Wildman–Crippen MR) is 121 cm³/mol. The maximum absolute atomic E-state index is 13.2. The molecule has 2 aromatic rings. The van der Waals surface area contributed by atoms with Crippen LogP contribution in [0, 0.1) is 6.92 Å². The number of amides is 2. The number of nitrogens with one attached hydrogen (secondary N) is 1. The van der Waals surface area contributed by atoms with Gasteiger partial charge in [0.15, 0.2) is 0 Å². The van der Waals surface area contributed by atoms with Crippen molar-refractivity contribution in [3.63, 3.8) is 0 Å². The van der Waals surface area contributed by atoms with Crippen LogP contribution in [0.3, 0.4) is 0 Å². The van der Waals surface area contributed by atoms with Crippen molar-refractivity contribution in [1.29, 1.82) is 0 Å². The number of hydrogen-bond acceptors (Lipinski definition) is 4. The zero-order valence-electron chi connectivity index (χ0n) is 18.1. The Morgan fingerprint density at radius 3 is 2.26 bits per heavy atom. The molecule has 0 spiro atoms. The lowest BCUT2D eigenvalue weighted by atomic mass is 10.1. The third kappa shape index (κ3) is 6.06. The van der Waals surface area contributed by atoms with Gasteiger partial charge in [0.05, 0.1) is 11.4 Å². The molecule has 1 N–H and O–H groups in total. The average molecular weight is 466 g/mol. The maximum Gasteiger partial charge on any atom is 0.243 e. The Morgan fingerprint density at radius 2 is 1.71 bits per heavy atom. The van der Waals surface area contributed by atoms with Gasteiger partial charge in [0.2, 0.25) is 21.8 Å². The first kappa shape index (κ1) is 24.8. The summed E-state index contributed by atoms with van der Waals surface area (Å²) in [6.07, 6.45) is 0.394. The summed E-state index contributed by atoms with van der Waals surface area (Å²) in [6, 6.07) is 12.6. The molecule has 2 aromatic carbocycles. The minimum absolute atomic E-state index is 0.0380. The van der Waals surface area contributed by atoms with E-state index in [0.29, 0.717) is 11.4 Å². The highest BCUT2D eigenvalue weighted by molar-refractivity contribution is 7.89. The Morgan fingerprint density at radius 1 is 1.10 bits per heavy atom. The number of carbonyl (C=O) groups excluding carboxylic acids is 2. The van der Waals surface area contributed by atoms with Gasteiger partial charge in [-0.15, -0.1) is 0 Å². The molecule has 31 heavy (non-hydrogen) atoms. The summed E-state index contributed by atoms with van der Waals surface area (Å²) in [6.45, 7) is 3.54. The smallest absolute Gasteiger partial charge is 0.243 e. The van der Waals surface area contributed by atoms with Gasteiger partial charge in [0.1, 0.15) is 6.04 Å². The zero-order valence-corrected chi connectivity index (χ0v) is 19.7. The molecule has 2 amide bonds. The van der Waals surface area contributed by atoms with Gasteiger partial charge in [0, 0.05) is 25.7 Å². The Bertz CT molecular complexity index is 1030. The van der Waals surface area contributed by atoms with Crippen LogP contribution >= 0.6 is 11.6 Å². The first-order chi connectivity index (χ1) is 14.6. The van der Waals surface area contributed by atoms with Crippen LogP contribution in [0.1, 0.15) is 24.5 Å². The molecule has 0 bridgehead atoms. The van der Waals surface area contributed by atoms with Crippen molar-refractivity contribution in [2.24, 2.45) is 0 Å². The number of nitrogens with zero attached hydrogens (tertiary/aromatic N) is 2. The molecule has 9 heteroatoms. The second-order valence-corrected chi connectivity index (χ2v) is 9.68. The van der Waals surface area contributed by atoms with Gasteiger partial charge in [-0.05, 0) is 48.7 Å². The quantitative estimate of drug-likeness (QED) is 0.617. The highest BCUT2D eigenvalue weighted by Gasteiger charge is 2.31. The summed E-state index contributed by atoms with van der Waals surface area (Å²) >= 11 is 5.84. The van der Waals surface area contributed by atoms with Crippen LogP contribution in [0.5, 0.6) is 0 Å². The van der Waals surface area contributed by atoms with Crippen LogP contribution in [0.15, 0.2) is 53.4 Å². The molecule has 168 valence electrons. The monoisotopic (exact) mass is 465 g/mol. The van der Waals surface area contributed by atoms with Crippen LogP contribution < -0.4 is 5.32 Å². The summed E-state index contributed by atoms with van der Waals surface area (Å²) in [7, 11) is -1.04. The fourth-order valence-corrected chi connectivity index (χ4v) is 4.46. The number of likely N-dealkylation sites (N-methyl/N-ethyl adjacent to an activating group) is 2. The van der Waals surface area contributed by atoms with Gasteiger partial charge in [-0.25, -0.2) is 8.42 Å². The van der Waals surface area contributed by atoms with Crippen molar-refractivity contribution in [2.45, 2.75) is 37.8 Å². The number of hydrogen-bond donors (Lipinski definition) is 1. The van der Waals surface area contributed by atoms with Crippen molar-refractivity contribution in [2.75, 3.05) is 20.6 Å². The molecule has 0 heterocycles. The molecule has 0 saturated carbocycles. The Labute approximate surface area is 189 Å². The van der Waals surface area contributed by atoms with E-state index in [1.807, 2.05) is 38.1 Å². The standard InChI is InChI=1S/C22H28ClN3O4S/c1-5-20(22(28)24-3)26(14-17-9-7-6-8-16(17)2)21(27)15-25(4)31(29,30)19-12-10-18(23)11-13-19/h6-13,20H,5,14-15H2,1-4H3,(H,24,28). The van der Waals surface area contributed by atoms with Crippen molar-refractivity contribution in [1.82, 2.24) is 14.5 Å². The highest BCUT2D eigenvalue weighted by Crippen LogP contribution is 2.19. The van der Waals surface area contributed by atoms with E-state index in [1.165, 1.54) is 43.3 Å². The first-order valence-corrected chi connectivity index (χ1v) is 11.7. The third-order valence-corrected chi connectivity index (χ3v) is 7.18. The van der Waals surface area contributed by atoms with Crippen molar-refractivity contribution in [3.05, 3.63) is 64.7 Å². The van der Waals surface area contributed by atoms with Crippen LogP contribution in [-0.4, -0.2) is 56.1 Å². The summed E-state index contributed by atoms with van der Waals surface area (Å²) < 4.78 is 26.7. The van der Waals surface area contributed by atoms with E-state index in [4.69, 9.17) is 11.6 Å². The summed E-state index contributed by atoms with van der Waals surface area (Å²) in [5, 5.41) is 3.00. The number of halogens is 1. The van der Waals surface area contributed by atoms with E-state index < -0.39 is 28.5 Å². The lowest BCUT2D eigenvalue weighted by molar-refractivity contribution is -0.141. The lowest BCUT2D eigenvalue weighted by Crippen LogP contribution is -2.51. The molecule has 0 aliphatic rings. The Hall–Kier alpha value is -2.42. The number of benzene rings is 2. The van der Waals surface area contributed by atoms with Crippen molar-refractivity contribution >= 4 is 33.4 Å². The van der Waals surface area contributed by atoms with Gasteiger partial charge in [-0.1, -0.05) is 42.8 Å². The molecule has 2 rings (SSSR count). The summed E-state index contributed by atoms with van der Waals surface area (Å²) in [5.74, 6) is -0.758. The normalized spacial score (nSPS) is 12.5. The van der Waals surface area contributed by atoms with Gasteiger partial charge in [-0.3, -0.25) is 9.59 Å². The highest BCUT2D eigenvalue weighted by atomic mass is 35.5. The zero-order chi connectivity index (χ0) is 23.2. The van der Waals surface area contributed by atoms with E-state index >= 15 is 0 Å². The van der Waals surface area contributed by atoms with Crippen LogP contribution in [-0.2, 0) is 26.2 Å². The number of sulfonamides is 1. The fraction of sp³-hybridized carbons (Fsp3) is 0.364. The molecule has 1 atom stereocenters. The average Bonchev–Trinajstić information content (AvgIpc) is 2.74. The van der Waals surface area contributed by atoms with Crippen molar-refractivity contribution in [3.8, 4) is 0 Å². The largest absolute Gasteiger partial charge is 0.357 e. The topological polar surface area (TPSA) is 86.8 Å². The molecule has 1 unspecified atom stereocenters. The number of carbonyl (C=O) groups is 2. The van der Waals surface area contributed by atoms with Crippen LogP contribution in [0.4, 0.5) is 0 Å². The van der Waals surface area contributed by atoms with E-state index in [2.05, 4.69) is 5.32 Å². The molecular weight excluding hydrogens is 438 g/mol. The molecule has 7 nitrogen and oxygen atoms in total.